The van der Waals surface area contributed by atoms with E-state index >= 15 is 0 Å². The summed E-state index contributed by atoms with van der Waals surface area (Å²) in [6.07, 6.45) is 6.07. The van der Waals surface area contributed by atoms with Gasteiger partial charge in [-0.15, -0.1) is 6.58 Å². The third-order valence-electron chi connectivity index (χ3n) is 2.62. The maximum absolute atomic E-state index is 6.06. The van der Waals surface area contributed by atoms with E-state index in [-0.39, 0.29) is 6.04 Å². The van der Waals surface area contributed by atoms with Crippen molar-refractivity contribution in [1.29, 1.82) is 0 Å². The lowest BCUT2D eigenvalue weighted by Gasteiger charge is -2.11. The number of allylic oxidation sites excluding steroid dienone is 1. The third-order valence-corrected chi connectivity index (χ3v) is 2.62. The Morgan fingerprint density at radius 2 is 2.31 bits per heavy atom. The van der Waals surface area contributed by atoms with Gasteiger partial charge in [0.05, 0.1) is 7.11 Å². The summed E-state index contributed by atoms with van der Waals surface area (Å²) in [4.78, 5) is 0. The van der Waals surface area contributed by atoms with Gasteiger partial charge >= 0.3 is 0 Å². The van der Waals surface area contributed by atoms with Crippen LogP contribution in [0.15, 0.2) is 36.9 Å². The predicted molar refractivity (Wildman–Crippen MR) is 68.7 cm³/mol. The van der Waals surface area contributed by atoms with Gasteiger partial charge in [-0.3, -0.25) is 0 Å². The van der Waals surface area contributed by atoms with E-state index in [1.165, 1.54) is 5.56 Å². The fraction of sp³-hybridized carbons (Fsp3) is 0.429. The van der Waals surface area contributed by atoms with Crippen molar-refractivity contribution in [2.24, 2.45) is 5.73 Å². The molecule has 0 spiro atoms. The van der Waals surface area contributed by atoms with Crippen molar-refractivity contribution in [2.45, 2.75) is 31.7 Å². The van der Waals surface area contributed by atoms with E-state index in [1.807, 2.05) is 24.3 Å². The molecule has 1 aromatic rings. The Morgan fingerprint density at radius 3 is 3.00 bits per heavy atom. The zero-order valence-electron chi connectivity index (χ0n) is 9.99. The first-order chi connectivity index (χ1) is 7.76. The number of unbranched alkanes of at least 4 members (excludes halogenated alkanes) is 1. The van der Waals surface area contributed by atoms with E-state index < -0.39 is 0 Å². The number of rotatable bonds is 7. The van der Waals surface area contributed by atoms with Crippen molar-refractivity contribution in [3.05, 3.63) is 42.5 Å². The fourth-order valence-electron chi connectivity index (χ4n) is 1.73. The Hall–Kier alpha value is -1.28. The lowest BCUT2D eigenvalue weighted by atomic mass is 10.0. The monoisotopic (exact) mass is 219 g/mol. The Balaban J connectivity index is 2.42. The van der Waals surface area contributed by atoms with Gasteiger partial charge in [0.15, 0.2) is 0 Å². The molecule has 0 amide bonds. The van der Waals surface area contributed by atoms with Gasteiger partial charge in [0.25, 0.3) is 0 Å². The standard InChI is InChI=1S/C14H21NO/c1-3-4-5-8-13(15)10-12-7-6-9-14(11-12)16-2/h3,6-7,9,11,13H,1,4-5,8,10,15H2,2H3. The minimum Gasteiger partial charge on any atom is -0.497 e. The van der Waals surface area contributed by atoms with E-state index in [4.69, 9.17) is 10.5 Å². The lowest BCUT2D eigenvalue weighted by Crippen LogP contribution is -2.22. The van der Waals surface area contributed by atoms with E-state index in [0.717, 1.165) is 31.4 Å². The van der Waals surface area contributed by atoms with Crippen molar-refractivity contribution < 1.29 is 4.74 Å². The van der Waals surface area contributed by atoms with Gasteiger partial charge in [-0.2, -0.15) is 0 Å². The molecule has 2 nitrogen and oxygen atoms in total. The first kappa shape index (κ1) is 12.8. The Morgan fingerprint density at radius 1 is 1.50 bits per heavy atom. The summed E-state index contributed by atoms with van der Waals surface area (Å²) >= 11 is 0. The number of ether oxygens (including phenoxy) is 1. The molecule has 2 N–H and O–H groups in total. The molecule has 0 aliphatic rings. The quantitative estimate of drug-likeness (QED) is 0.565. The number of benzene rings is 1. The number of methoxy groups -OCH3 is 1. The van der Waals surface area contributed by atoms with Crippen LogP contribution in [0.4, 0.5) is 0 Å². The summed E-state index contributed by atoms with van der Waals surface area (Å²) in [7, 11) is 1.68. The molecule has 0 aromatic heterocycles. The number of hydrogen-bond donors (Lipinski definition) is 1. The largest absolute Gasteiger partial charge is 0.497 e. The van der Waals surface area contributed by atoms with Crippen molar-refractivity contribution in [3.8, 4) is 5.75 Å². The average Bonchev–Trinajstić information content (AvgIpc) is 2.29. The van der Waals surface area contributed by atoms with Crippen LogP contribution >= 0.6 is 0 Å². The van der Waals surface area contributed by atoms with Crippen LogP contribution in [0.1, 0.15) is 24.8 Å². The summed E-state index contributed by atoms with van der Waals surface area (Å²) in [5.74, 6) is 0.899. The third kappa shape index (κ3) is 4.49. The highest BCUT2D eigenvalue weighted by molar-refractivity contribution is 5.28. The SMILES string of the molecule is C=CCCCC(N)Cc1cccc(OC)c1. The fourth-order valence-corrected chi connectivity index (χ4v) is 1.73. The molecule has 2 heteroatoms. The lowest BCUT2D eigenvalue weighted by molar-refractivity contribution is 0.414. The number of nitrogens with two attached hydrogens (primary N) is 1. The molecule has 0 aliphatic heterocycles. The highest BCUT2D eigenvalue weighted by atomic mass is 16.5. The van der Waals surface area contributed by atoms with Crippen molar-refractivity contribution in [3.63, 3.8) is 0 Å². The van der Waals surface area contributed by atoms with Crippen LogP contribution in [0, 0.1) is 0 Å². The van der Waals surface area contributed by atoms with Crippen molar-refractivity contribution in [1.82, 2.24) is 0 Å². The van der Waals surface area contributed by atoms with Crippen molar-refractivity contribution >= 4 is 0 Å². The van der Waals surface area contributed by atoms with Gasteiger partial charge in [0.2, 0.25) is 0 Å². The second kappa shape index (κ2) is 7.07. The van der Waals surface area contributed by atoms with Crippen LogP contribution in [0.5, 0.6) is 5.75 Å². The molecule has 0 radical (unpaired) electrons. The van der Waals surface area contributed by atoms with Crippen LogP contribution in [0.25, 0.3) is 0 Å². The van der Waals surface area contributed by atoms with Crippen LogP contribution in [-0.2, 0) is 6.42 Å². The molecule has 1 aromatic carbocycles. The van der Waals surface area contributed by atoms with E-state index in [9.17, 15) is 0 Å². The van der Waals surface area contributed by atoms with E-state index in [0.29, 0.717) is 0 Å². The van der Waals surface area contributed by atoms with Gasteiger partial charge in [0.1, 0.15) is 5.75 Å². The molecule has 0 saturated carbocycles. The molecule has 1 rings (SSSR count). The zero-order chi connectivity index (χ0) is 11.8. The predicted octanol–water partition coefficient (Wildman–Crippen LogP) is 2.92. The normalized spacial score (nSPS) is 12.1. The van der Waals surface area contributed by atoms with E-state index in [1.54, 1.807) is 7.11 Å². The second-order valence-corrected chi connectivity index (χ2v) is 4.04. The molecular weight excluding hydrogens is 198 g/mol. The second-order valence-electron chi connectivity index (χ2n) is 4.04. The molecule has 16 heavy (non-hydrogen) atoms. The summed E-state index contributed by atoms with van der Waals surface area (Å²) in [5.41, 5.74) is 7.30. The minimum absolute atomic E-state index is 0.229. The Labute approximate surface area is 98.1 Å². The summed E-state index contributed by atoms with van der Waals surface area (Å²) in [6.45, 7) is 3.71. The van der Waals surface area contributed by atoms with Gasteiger partial charge in [0, 0.05) is 6.04 Å². The molecule has 1 atom stereocenters. The number of hydrogen-bond acceptors (Lipinski definition) is 2. The summed E-state index contributed by atoms with van der Waals surface area (Å²) in [5, 5.41) is 0. The van der Waals surface area contributed by atoms with Gasteiger partial charge in [-0.1, -0.05) is 18.2 Å². The topological polar surface area (TPSA) is 35.2 Å². The maximum Gasteiger partial charge on any atom is 0.119 e. The zero-order valence-corrected chi connectivity index (χ0v) is 9.99. The molecule has 0 fully saturated rings. The summed E-state index contributed by atoms with van der Waals surface area (Å²) in [6, 6.07) is 8.33. The Kier molecular flexibility index (Phi) is 5.65. The van der Waals surface area contributed by atoms with Crippen LogP contribution in [0.3, 0.4) is 0 Å². The smallest absolute Gasteiger partial charge is 0.119 e. The molecule has 0 saturated heterocycles. The molecule has 88 valence electrons. The van der Waals surface area contributed by atoms with Crippen LogP contribution in [-0.4, -0.2) is 13.2 Å². The summed E-state index contributed by atoms with van der Waals surface area (Å²) < 4.78 is 5.18. The molecule has 0 heterocycles. The molecular formula is C14H21NO. The first-order valence-electron chi connectivity index (χ1n) is 5.75. The molecule has 0 aliphatic carbocycles. The van der Waals surface area contributed by atoms with Crippen LogP contribution in [0.2, 0.25) is 0 Å². The highest BCUT2D eigenvalue weighted by Crippen LogP contribution is 2.14. The van der Waals surface area contributed by atoms with Gasteiger partial charge in [-0.25, -0.2) is 0 Å². The van der Waals surface area contributed by atoms with Gasteiger partial charge < -0.3 is 10.5 Å². The molecule has 0 bridgehead atoms. The molecule has 1 unspecified atom stereocenters. The van der Waals surface area contributed by atoms with Crippen molar-refractivity contribution in [2.75, 3.05) is 7.11 Å². The highest BCUT2D eigenvalue weighted by Gasteiger charge is 2.04. The first-order valence-corrected chi connectivity index (χ1v) is 5.75. The van der Waals surface area contributed by atoms with Crippen LogP contribution < -0.4 is 10.5 Å². The van der Waals surface area contributed by atoms with Gasteiger partial charge in [-0.05, 0) is 43.4 Å². The minimum atomic E-state index is 0.229. The maximum atomic E-state index is 6.06. The Bertz CT molecular complexity index is 322. The average molecular weight is 219 g/mol. The van der Waals surface area contributed by atoms with E-state index in [2.05, 4.69) is 12.6 Å².